The van der Waals surface area contributed by atoms with Gasteiger partial charge < -0.3 is 5.32 Å². The first kappa shape index (κ1) is 12.2. The molecule has 0 aliphatic carbocycles. The van der Waals surface area contributed by atoms with E-state index in [9.17, 15) is 4.79 Å². The lowest BCUT2D eigenvalue weighted by Crippen LogP contribution is -2.25. The Morgan fingerprint density at radius 2 is 2.06 bits per heavy atom. The van der Waals surface area contributed by atoms with Crippen LogP contribution in [0.1, 0.15) is 12.5 Å². The number of hydrogen-bond donors (Lipinski definition) is 1. The van der Waals surface area contributed by atoms with Crippen molar-refractivity contribution >= 4 is 5.91 Å². The Balaban J connectivity index is 2.01. The van der Waals surface area contributed by atoms with Crippen molar-refractivity contribution in [2.45, 2.75) is 20.4 Å². The molecule has 1 N–H and O–H groups in total. The van der Waals surface area contributed by atoms with Crippen molar-refractivity contribution < 1.29 is 4.79 Å². The van der Waals surface area contributed by atoms with E-state index >= 15 is 0 Å². The molecule has 1 aromatic carbocycles. The van der Waals surface area contributed by atoms with Gasteiger partial charge in [-0.05, 0) is 12.1 Å². The molecule has 6 nitrogen and oxygen atoms in total. The van der Waals surface area contributed by atoms with Gasteiger partial charge in [0.25, 0.3) is 0 Å². The average Bonchev–Trinajstić information content (AvgIpc) is 2.78. The molecule has 0 radical (unpaired) electrons. The summed E-state index contributed by atoms with van der Waals surface area (Å²) in [6.07, 6.45) is 0. The van der Waals surface area contributed by atoms with E-state index in [0.717, 1.165) is 5.56 Å². The number of carbonyl (C=O) groups excluding carboxylic acids is 1. The molecule has 0 bridgehead atoms. The lowest BCUT2D eigenvalue weighted by atomic mass is 10.1. The van der Waals surface area contributed by atoms with Gasteiger partial charge in [0.15, 0.2) is 0 Å². The smallest absolute Gasteiger partial charge is 0.216 e. The number of aryl methyl sites for hydroxylation is 1. The van der Waals surface area contributed by atoms with Crippen LogP contribution in [0.2, 0.25) is 0 Å². The van der Waals surface area contributed by atoms with Crippen molar-refractivity contribution in [1.29, 1.82) is 0 Å². The molecule has 94 valence electrons. The Morgan fingerprint density at radius 1 is 1.33 bits per heavy atom. The molecule has 1 heterocycles. The van der Waals surface area contributed by atoms with Crippen molar-refractivity contribution in [3.63, 3.8) is 0 Å². The van der Waals surface area contributed by atoms with Gasteiger partial charge in [-0.15, -0.1) is 10.2 Å². The minimum atomic E-state index is -0.0612. The topological polar surface area (TPSA) is 72.7 Å². The van der Waals surface area contributed by atoms with E-state index in [1.807, 2.05) is 31.2 Å². The summed E-state index contributed by atoms with van der Waals surface area (Å²) in [7, 11) is 0. The number of hydrogen-bond acceptors (Lipinski definition) is 4. The maximum atomic E-state index is 10.7. The molecule has 18 heavy (non-hydrogen) atoms. The predicted octanol–water partition coefficient (Wildman–Crippen LogP) is 0.785. The van der Waals surface area contributed by atoms with Crippen LogP contribution in [0.3, 0.4) is 0 Å². The molecule has 1 amide bonds. The summed E-state index contributed by atoms with van der Waals surface area (Å²) in [5, 5.41) is 14.9. The number of nitrogens with one attached hydrogen (secondary N) is 1. The summed E-state index contributed by atoms with van der Waals surface area (Å²) in [4.78, 5) is 12.2. The minimum absolute atomic E-state index is 0.0612. The van der Waals surface area contributed by atoms with E-state index in [4.69, 9.17) is 0 Å². The molecule has 0 aliphatic heterocycles. The van der Waals surface area contributed by atoms with E-state index < -0.39 is 0 Å². The van der Waals surface area contributed by atoms with Gasteiger partial charge in [0, 0.05) is 19.0 Å². The molecule has 0 saturated heterocycles. The monoisotopic (exact) mass is 245 g/mol. The van der Waals surface area contributed by atoms with Gasteiger partial charge >= 0.3 is 0 Å². The summed E-state index contributed by atoms with van der Waals surface area (Å²) in [5.41, 5.74) is 2.13. The Bertz CT molecular complexity index is 532. The zero-order valence-corrected chi connectivity index (χ0v) is 10.4. The van der Waals surface area contributed by atoms with E-state index in [-0.39, 0.29) is 5.91 Å². The molecule has 0 atom stereocenters. The lowest BCUT2D eigenvalue weighted by molar-refractivity contribution is -0.119. The molecule has 0 saturated carbocycles. The number of tetrazole rings is 1. The van der Waals surface area contributed by atoms with Crippen LogP contribution in [0, 0.1) is 6.92 Å². The normalized spacial score (nSPS) is 10.3. The maximum absolute atomic E-state index is 10.7. The highest BCUT2D eigenvalue weighted by Gasteiger charge is 2.05. The zero-order chi connectivity index (χ0) is 13.0. The molecule has 0 unspecified atom stereocenters. The highest BCUT2D eigenvalue weighted by atomic mass is 16.1. The van der Waals surface area contributed by atoms with Crippen molar-refractivity contribution in [3.8, 4) is 11.4 Å². The third kappa shape index (κ3) is 3.13. The fraction of sp³-hybridized carbons (Fsp3) is 0.333. The van der Waals surface area contributed by atoms with Crippen LogP contribution in [0.15, 0.2) is 24.3 Å². The van der Waals surface area contributed by atoms with Crippen LogP contribution >= 0.6 is 0 Å². The predicted molar refractivity (Wildman–Crippen MR) is 66.7 cm³/mol. The van der Waals surface area contributed by atoms with Crippen molar-refractivity contribution in [3.05, 3.63) is 29.8 Å². The first-order chi connectivity index (χ1) is 8.65. The van der Waals surface area contributed by atoms with E-state index in [2.05, 4.69) is 20.7 Å². The zero-order valence-electron chi connectivity index (χ0n) is 10.4. The van der Waals surface area contributed by atoms with Crippen molar-refractivity contribution in [1.82, 2.24) is 25.5 Å². The number of carbonyl (C=O) groups is 1. The third-order valence-corrected chi connectivity index (χ3v) is 2.45. The molecule has 0 spiro atoms. The molecule has 1 aromatic heterocycles. The second kappa shape index (κ2) is 5.39. The quantitative estimate of drug-likeness (QED) is 0.864. The van der Waals surface area contributed by atoms with Gasteiger partial charge in [-0.3, -0.25) is 4.79 Å². The molecule has 0 fully saturated rings. The Kier molecular flexibility index (Phi) is 3.66. The van der Waals surface area contributed by atoms with Gasteiger partial charge in [-0.1, -0.05) is 29.8 Å². The van der Waals surface area contributed by atoms with E-state index in [1.165, 1.54) is 17.3 Å². The third-order valence-electron chi connectivity index (χ3n) is 2.45. The number of nitrogens with zero attached hydrogens (tertiary/aromatic N) is 4. The average molecular weight is 245 g/mol. The fourth-order valence-corrected chi connectivity index (χ4v) is 1.49. The SMILES string of the molecule is CC(=O)NCCn1nnc(-c2ccc(C)cc2)n1. The molecule has 2 rings (SSSR count). The van der Waals surface area contributed by atoms with Gasteiger partial charge in [0.05, 0.1) is 6.54 Å². The van der Waals surface area contributed by atoms with Gasteiger partial charge in [0.1, 0.15) is 0 Å². The molecule has 0 aliphatic rings. The maximum Gasteiger partial charge on any atom is 0.216 e. The Labute approximate surface area is 105 Å². The summed E-state index contributed by atoms with van der Waals surface area (Å²) < 4.78 is 0. The number of rotatable bonds is 4. The van der Waals surface area contributed by atoms with Crippen LogP contribution in [0.25, 0.3) is 11.4 Å². The summed E-state index contributed by atoms with van der Waals surface area (Å²) in [5.74, 6) is 0.534. The minimum Gasteiger partial charge on any atom is -0.354 e. The van der Waals surface area contributed by atoms with Crippen LogP contribution in [-0.4, -0.2) is 32.7 Å². The summed E-state index contributed by atoms with van der Waals surface area (Å²) in [6.45, 7) is 4.52. The molecule has 6 heteroatoms. The first-order valence-electron chi connectivity index (χ1n) is 5.74. The summed E-state index contributed by atoms with van der Waals surface area (Å²) >= 11 is 0. The van der Waals surface area contributed by atoms with Crippen molar-refractivity contribution in [2.75, 3.05) is 6.54 Å². The second-order valence-electron chi connectivity index (χ2n) is 4.06. The van der Waals surface area contributed by atoms with Gasteiger partial charge in [-0.2, -0.15) is 4.80 Å². The van der Waals surface area contributed by atoms with Crippen LogP contribution in [-0.2, 0) is 11.3 Å². The van der Waals surface area contributed by atoms with Crippen LogP contribution < -0.4 is 5.32 Å². The number of benzene rings is 1. The molecular formula is C12H15N5O. The fourth-order valence-electron chi connectivity index (χ4n) is 1.49. The Morgan fingerprint density at radius 3 is 2.72 bits per heavy atom. The van der Waals surface area contributed by atoms with Gasteiger partial charge in [-0.25, -0.2) is 0 Å². The number of amides is 1. The Hall–Kier alpha value is -2.24. The van der Waals surface area contributed by atoms with E-state index in [1.54, 1.807) is 0 Å². The number of aromatic nitrogens is 4. The van der Waals surface area contributed by atoms with Crippen LogP contribution in [0.5, 0.6) is 0 Å². The second-order valence-corrected chi connectivity index (χ2v) is 4.06. The van der Waals surface area contributed by atoms with Crippen molar-refractivity contribution in [2.24, 2.45) is 0 Å². The lowest BCUT2D eigenvalue weighted by Gasteiger charge is -1.99. The first-order valence-corrected chi connectivity index (χ1v) is 5.74. The molecular weight excluding hydrogens is 230 g/mol. The highest BCUT2D eigenvalue weighted by molar-refractivity contribution is 5.72. The highest BCUT2D eigenvalue weighted by Crippen LogP contribution is 2.13. The standard InChI is InChI=1S/C12H15N5O/c1-9-3-5-11(6-4-9)12-14-16-17(15-12)8-7-13-10(2)18/h3-6H,7-8H2,1-2H3,(H,13,18). The van der Waals surface area contributed by atoms with E-state index in [0.29, 0.717) is 18.9 Å². The summed E-state index contributed by atoms with van der Waals surface area (Å²) in [6, 6.07) is 7.94. The molecule has 2 aromatic rings. The van der Waals surface area contributed by atoms with Gasteiger partial charge in [0.2, 0.25) is 11.7 Å². The van der Waals surface area contributed by atoms with Crippen LogP contribution in [0.4, 0.5) is 0 Å². The largest absolute Gasteiger partial charge is 0.354 e.